The molecule has 0 aliphatic heterocycles. The van der Waals surface area contributed by atoms with Crippen molar-refractivity contribution in [1.29, 1.82) is 0 Å². The maximum Gasteiger partial charge on any atom is 0.358 e. The number of hydrogen-bond donors (Lipinski definition) is 2. The summed E-state index contributed by atoms with van der Waals surface area (Å²) >= 11 is 0. The summed E-state index contributed by atoms with van der Waals surface area (Å²) in [5.74, 6) is -0.665. The van der Waals surface area contributed by atoms with Crippen molar-refractivity contribution in [3.63, 3.8) is 0 Å². The Kier molecular flexibility index (Phi) is 4.23. The number of aliphatic hydroxyl groups excluding tert-OH is 1. The summed E-state index contributed by atoms with van der Waals surface area (Å²) in [6.45, 7) is 3.35. The predicted octanol–water partition coefficient (Wildman–Crippen LogP) is 1.59. The number of para-hydroxylation sites is 1. The number of ether oxygens (including phenoxy) is 1. The highest BCUT2D eigenvalue weighted by molar-refractivity contribution is 5.93. The van der Waals surface area contributed by atoms with E-state index in [0.717, 1.165) is 0 Å². The molecule has 0 saturated carbocycles. The first-order valence-electron chi connectivity index (χ1n) is 6.47. The van der Waals surface area contributed by atoms with Crippen molar-refractivity contribution in [3.8, 4) is 17.0 Å². The van der Waals surface area contributed by atoms with E-state index >= 15 is 0 Å². The second-order valence-electron chi connectivity index (χ2n) is 4.72. The lowest BCUT2D eigenvalue weighted by Gasteiger charge is -2.18. The number of aromatic carboxylic acids is 1. The van der Waals surface area contributed by atoms with Gasteiger partial charge in [0.05, 0.1) is 19.3 Å². The normalized spacial score (nSPS) is 13.7. The topological polar surface area (TPSA) is 97.5 Å². The maximum atomic E-state index is 11.4. The molecular weight excluding hydrogens is 274 g/mol. The molecule has 0 saturated heterocycles. The Morgan fingerprint density at radius 3 is 2.57 bits per heavy atom. The molecule has 1 aromatic carbocycles. The Morgan fingerprint density at radius 1 is 1.33 bits per heavy atom. The number of aliphatic hydroxyl groups is 1. The molecule has 7 nitrogen and oxygen atoms in total. The van der Waals surface area contributed by atoms with Gasteiger partial charge in [0.2, 0.25) is 0 Å². The van der Waals surface area contributed by atoms with Crippen LogP contribution in [-0.4, -0.2) is 44.4 Å². The van der Waals surface area contributed by atoms with E-state index in [2.05, 4.69) is 10.3 Å². The van der Waals surface area contributed by atoms with Crippen molar-refractivity contribution >= 4 is 5.97 Å². The molecule has 21 heavy (non-hydrogen) atoms. The summed E-state index contributed by atoms with van der Waals surface area (Å²) in [4.78, 5) is 11.4. The van der Waals surface area contributed by atoms with Crippen LogP contribution in [0.4, 0.5) is 0 Å². The monoisotopic (exact) mass is 291 g/mol. The molecule has 0 spiro atoms. The third-order valence-electron chi connectivity index (χ3n) is 3.34. The van der Waals surface area contributed by atoms with E-state index in [-0.39, 0.29) is 5.69 Å². The molecule has 2 rings (SSSR count). The molecule has 0 fully saturated rings. The summed E-state index contributed by atoms with van der Waals surface area (Å²) in [6, 6.07) is 6.59. The van der Waals surface area contributed by atoms with E-state index in [4.69, 9.17) is 4.74 Å². The molecule has 2 N–H and O–H groups in total. The zero-order valence-corrected chi connectivity index (χ0v) is 12.0. The Balaban J connectivity index is 2.70. The number of hydrogen-bond acceptors (Lipinski definition) is 5. The lowest BCUT2D eigenvalue weighted by molar-refractivity contribution is 0.0691. The third-order valence-corrected chi connectivity index (χ3v) is 3.34. The largest absolute Gasteiger partial charge is 0.496 e. The number of carbonyl (C=O) groups is 1. The number of aromatic nitrogens is 3. The van der Waals surface area contributed by atoms with Crippen LogP contribution in [0, 0.1) is 0 Å². The van der Waals surface area contributed by atoms with Gasteiger partial charge in [0.15, 0.2) is 5.69 Å². The molecule has 2 atom stereocenters. The van der Waals surface area contributed by atoms with Gasteiger partial charge in [0.25, 0.3) is 0 Å². The summed E-state index contributed by atoms with van der Waals surface area (Å²) < 4.78 is 6.68. The van der Waals surface area contributed by atoms with Crippen LogP contribution in [0.25, 0.3) is 11.3 Å². The fourth-order valence-electron chi connectivity index (χ4n) is 2.02. The van der Waals surface area contributed by atoms with Gasteiger partial charge in [0, 0.05) is 5.56 Å². The van der Waals surface area contributed by atoms with E-state index in [9.17, 15) is 15.0 Å². The van der Waals surface area contributed by atoms with Crippen LogP contribution in [-0.2, 0) is 0 Å². The molecule has 1 aromatic heterocycles. The van der Waals surface area contributed by atoms with Gasteiger partial charge in [-0.25, -0.2) is 9.48 Å². The van der Waals surface area contributed by atoms with Crippen molar-refractivity contribution in [3.05, 3.63) is 30.0 Å². The van der Waals surface area contributed by atoms with Gasteiger partial charge in [-0.15, -0.1) is 5.10 Å². The predicted molar refractivity (Wildman–Crippen MR) is 75.4 cm³/mol. The van der Waals surface area contributed by atoms with E-state index in [1.54, 1.807) is 38.1 Å². The number of carboxylic acids is 1. The van der Waals surface area contributed by atoms with E-state index in [1.807, 2.05) is 0 Å². The minimum atomic E-state index is -1.18. The van der Waals surface area contributed by atoms with Crippen molar-refractivity contribution < 1.29 is 19.7 Å². The van der Waals surface area contributed by atoms with Gasteiger partial charge in [0.1, 0.15) is 11.4 Å². The van der Waals surface area contributed by atoms with Gasteiger partial charge in [-0.3, -0.25) is 0 Å². The number of methoxy groups -OCH3 is 1. The fraction of sp³-hybridized carbons (Fsp3) is 0.357. The average molecular weight is 291 g/mol. The first kappa shape index (κ1) is 15.0. The molecular formula is C14H17N3O4. The van der Waals surface area contributed by atoms with Gasteiger partial charge < -0.3 is 14.9 Å². The summed E-state index contributed by atoms with van der Waals surface area (Å²) in [5.41, 5.74) is 0.704. The Morgan fingerprint density at radius 2 is 2.00 bits per heavy atom. The molecule has 7 heteroatoms. The lowest BCUT2D eigenvalue weighted by Crippen LogP contribution is -2.20. The van der Waals surface area contributed by atoms with Crippen molar-refractivity contribution in [2.24, 2.45) is 0 Å². The quantitative estimate of drug-likeness (QED) is 0.868. The minimum Gasteiger partial charge on any atom is -0.496 e. The minimum absolute atomic E-state index is 0.174. The molecule has 112 valence electrons. The van der Waals surface area contributed by atoms with Crippen LogP contribution >= 0.6 is 0 Å². The highest BCUT2D eigenvalue weighted by atomic mass is 16.5. The molecule has 1 heterocycles. The molecule has 2 unspecified atom stereocenters. The summed E-state index contributed by atoms with van der Waals surface area (Å²) in [5, 5.41) is 26.7. The number of rotatable bonds is 5. The van der Waals surface area contributed by atoms with Crippen LogP contribution in [0.1, 0.15) is 30.4 Å². The SMILES string of the molecule is COc1ccccc1-c1c(C(=O)O)nnn1C(C)C(C)O. The van der Waals surface area contributed by atoms with Gasteiger partial charge in [-0.05, 0) is 26.0 Å². The highest BCUT2D eigenvalue weighted by Gasteiger charge is 2.26. The Labute approximate surface area is 121 Å². The molecule has 0 radical (unpaired) electrons. The van der Waals surface area contributed by atoms with Gasteiger partial charge in [-0.1, -0.05) is 17.3 Å². The highest BCUT2D eigenvalue weighted by Crippen LogP contribution is 2.33. The first-order valence-corrected chi connectivity index (χ1v) is 6.47. The second-order valence-corrected chi connectivity index (χ2v) is 4.72. The van der Waals surface area contributed by atoms with Crippen molar-refractivity contribution in [2.45, 2.75) is 26.0 Å². The van der Waals surface area contributed by atoms with Gasteiger partial charge >= 0.3 is 5.97 Å². The molecule has 0 aliphatic carbocycles. The summed E-state index contributed by atoms with van der Waals surface area (Å²) in [7, 11) is 1.51. The Hall–Kier alpha value is -2.41. The molecule has 0 amide bonds. The van der Waals surface area contributed by atoms with E-state index < -0.39 is 18.1 Å². The number of nitrogens with zero attached hydrogens (tertiary/aromatic N) is 3. The Bertz CT molecular complexity index is 651. The van der Waals surface area contributed by atoms with Crippen molar-refractivity contribution in [1.82, 2.24) is 15.0 Å². The number of benzene rings is 1. The van der Waals surface area contributed by atoms with E-state index in [1.165, 1.54) is 11.8 Å². The van der Waals surface area contributed by atoms with E-state index in [0.29, 0.717) is 17.0 Å². The van der Waals surface area contributed by atoms with Crippen LogP contribution in [0.15, 0.2) is 24.3 Å². The zero-order valence-electron chi connectivity index (χ0n) is 12.0. The smallest absolute Gasteiger partial charge is 0.358 e. The maximum absolute atomic E-state index is 11.4. The standard InChI is InChI=1S/C14H17N3O4/c1-8(9(2)18)17-13(12(14(19)20)15-16-17)10-6-4-5-7-11(10)21-3/h4-9,18H,1-3H3,(H,19,20). The van der Waals surface area contributed by atoms with Crippen LogP contribution in [0.3, 0.4) is 0 Å². The fourth-order valence-corrected chi connectivity index (χ4v) is 2.02. The van der Waals surface area contributed by atoms with Gasteiger partial charge in [-0.2, -0.15) is 0 Å². The number of carboxylic acid groups (broad SMARTS) is 1. The second kappa shape index (κ2) is 5.92. The third kappa shape index (κ3) is 2.73. The summed E-state index contributed by atoms with van der Waals surface area (Å²) in [6.07, 6.45) is -0.707. The van der Waals surface area contributed by atoms with Crippen LogP contribution < -0.4 is 4.74 Å². The molecule has 0 aliphatic rings. The van der Waals surface area contributed by atoms with Crippen molar-refractivity contribution in [2.75, 3.05) is 7.11 Å². The lowest BCUT2D eigenvalue weighted by atomic mass is 10.1. The molecule has 0 bridgehead atoms. The van der Waals surface area contributed by atoms with Crippen LogP contribution in [0.5, 0.6) is 5.75 Å². The van der Waals surface area contributed by atoms with Crippen LogP contribution in [0.2, 0.25) is 0 Å². The molecule has 2 aromatic rings. The average Bonchev–Trinajstić information content (AvgIpc) is 2.90. The first-order chi connectivity index (χ1) is 9.97. The zero-order chi connectivity index (χ0) is 15.6.